The minimum absolute atomic E-state index is 0.156. The molecule has 2 heterocycles. The van der Waals surface area contributed by atoms with E-state index in [1.165, 1.54) is 27.1 Å². The summed E-state index contributed by atoms with van der Waals surface area (Å²) in [4.78, 5) is 11.8. The van der Waals surface area contributed by atoms with Crippen LogP contribution in [0.2, 0.25) is 0 Å². The van der Waals surface area contributed by atoms with E-state index in [0.717, 1.165) is 24.1 Å². The van der Waals surface area contributed by atoms with Crippen LogP contribution in [0.3, 0.4) is 0 Å². The van der Waals surface area contributed by atoms with Crippen LogP contribution in [-0.4, -0.2) is 19.5 Å². The number of nitrogens with zero attached hydrogens (tertiary/aromatic N) is 2. The molecule has 4 rings (SSSR count). The SMILES string of the molecule is Cn1c(=O)oc2ccc(S(=O)(=O)N3CCCc4ccccc43)cc21. The van der Waals surface area contributed by atoms with E-state index < -0.39 is 15.8 Å². The maximum absolute atomic E-state index is 13.1. The number of sulfonamides is 1. The molecular weight excluding hydrogens is 328 g/mol. The molecule has 0 atom stereocenters. The number of rotatable bonds is 2. The van der Waals surface area contributed by atoms with Gasteiger partial charge in [0.05, 0.1) is 16.1 Å². The van der Waals surface area contributed by atoms with Gasteiger partial charge in [-0.15, -0.1) is 0 Å². The van der Waals surface area contributed by atoms with Crippen molar-refractivity contribution < 1.29 is 12.8 Å². The minimum Gasteiger partial charge on any atom is -0.408 e. The average molecular weight is 344 g/mol. The Morgan fingerprint density at radius 2 is 1.92 bits per heavy atom. The molecule has 0 amide bonds. The number of aryl methyl sites for hydroxylation is 2. The molecule has 1 aliphatic heterocycles. The zero-order valence-electron chi connectivity index (χ0n) is 13.1. The molecule has 0 saturated heterocycles. The lowest BCUT2D eigenvalue weighted by Crippen LogP contribution is -2.35. The molecule has 0 spiro atoms. The van der Waals surface area contributed by atoms with Gasteiger partial charge in [0, 0.05) is 13.6 Å². The van der Waals surface area contributed by atoms with Crippen molar-refractivity contribution in [3.05, 3.63) is 58.6 Å². The minimum atomic E-state index is -3.70. The Morgan fingerprint density at radius 1 is 1.12 bits per heavy atom. The molecular formula is C17H16N2O4S. The van der Waals surface area contributed by atoms with Gasteiger partial charge in [-0.1, -0.05) is 18.2 Å². The van der Waals surface area contributed by atoms with E-state index in [0.29, 0.717) is 17.6 Å². The monoisotopic (exact) mass is 344 g/mol. The Balaban J connectivity index is 1.87. The normalized spacial score (nSPS) is 14.8. The number of benzene rings is 2. The fourth-order valence-electron chi connectivity index (χ4n) is 3.14. The highest BCUT2D eigenvalue weighted by molar-refractivity contribution is 7.92. The van der Waals surface area contributed by atoms with Crippen molar-refractivity contribution >= 4 is 26.8 Å². The molecule has 1 aromatic heterocycles. The second-order valence-electron chi connectivity index (χ2n) is 5.87. The Labute approximate surface area is 139 Å². The van der Waals surface area contributed by atoms with Crippen LogP contribution in [0.15, 0.2) is 56.6 Å². The number of hydrogen-bond acceptors (Lipinski definition) is 4. The standard InChI is InChI=1S/C17H16N2O4S/c1-18-15-11-13(8-9-16(15)23-17(18)20)24(21,22)19-10-4-6-12-5-2-3-7-14(12)19/h2-3,5,7-9,11H,4,6,10H2,1H3. The predicted octanol–water partition coefficient (Wildman–Crippen LogP) is 2.27. The molecule has 0 radical (unpaired) electrons. The van der Waals surface area contributed by atoms with E-state index in [1.54, 1.807) is 7.05 Å². The molecule has 3 aromatic rings. The van der Waals surface area contributed by atoms with E-state index in [9.17, 15) is 13.2 Å². The number of para-hydroxylation sites is 1. The fourth-order valence-corrected chi connectivity index (χ4v) is 4.70. The second kappa shape index (κ2) is 5.24. The van der Waals surface area contributed by atoms with Gasteiger partial charge in [0.25, 0.3) is 10.0 Å². The highest BCUT2D eigenvalue weighted by atomic mass is 32.2. The lowest BCUT2D eigenvalue weighted by atomic mass is 10.0. The number of oxazole rings is 1. The molecule has 24 heavy (non-hydrogen) atoms. The van der Waals surface area contributed by atoms with Crippen LogP contribution in [0.5, 0.6) is 0 Å². The van der Waals surface area contributed by atoms with E-state index in [-0.39, 0.29) is 4.90 Å². The van der Waals surface area contributed by atoms with Gasteiger partial charge in [0.2, 0.25) is 0 Å². The molecule has 124 valence electrons. The molecule has 0 unspecified atom stereocenters. The number of anilines is 1. The van der Waals surface area contributed by atoms with Gasteiger partial charge in [-0.25, -0.2) is 13.2 Å². The van der Waals surface area contributed by atoms with E-state index in [4.69, 9.17) is 4.42 Å². The molecule has 0 bridgehead atoms. The van der Waals surface area contributed by atoms with Gasteiger partial charge in [-0.3, -0.25) is 8.87 Å². The summed E-state index contributed by atoms with van der Waals surface area (Å²) >= 11 is 0. The van der Waals surface area contributed by atoms with E-state index >= 15 is 0 Å². The summed E-state index contributed by atoms with van der Waals surface area (Å²) in [6.07, 6.45) is 1.65. The van der Waals surface area contributed by atoms with Crippen molar-refractivity contribution in [1.82, 2.24) is 4.57 Å². The highest BCUT2D eigenvalue weighted by Gasteiger charge is 2.29. The van der Waals surface area contributed by atoms with Crippen molar-refractivity contribution in [3.8, 4) is 0 Å². The fraction of sp³-hybridized carbons (Fsp3) is 0.235. The first-order valence-corrected chi connectivity index (χ1v) is 9.13. The van der Waals surface area contributed by atoms with Crippen LogP contribution in [0, 0.1) is 0 Å². The van der Waals surface area contributed by atoms with Crippen LogP contribution in [0.25, 0.3) is 11.1 Å². The Morgan fingerprint density at radius 3 is 2.75 bits per heavy atom. The smallest absolute Gasteiger partial charge is 0.408 e. The summed E-state index contributed by atoms with van der Waals surface area (Å²) in [7, 11) is -2.14. The number of fused-ring (bicyclic) bond motifs is 2. The third kappa shape index (κ3) is 2.16. The molecule has 0 fully saturated rings. The second-order valence-corrected chi connectivity index (χ2v) is 7.73. The molecule has 2 aromatic carbocycles. The molecule has 0 N–H and O–H groups in total. The van der Waals surface area contributed by atoms with Crippen LogP contribution >= 0.6 is 0 Å². The first-order valence-electron chi connectivity index (χ1n) is 7.69. The first kappa shape index (κ1) is 15.0. The predicted molar refractivity (Wildman–Crippen MR) is 90.7 cm³/mol. The van der Waals surface area contributed by atoms with Crippen LogP contribution in [0.1, 0.15) is 12.0 Å². The zero-order valence-corrected chi connectivity index (χ0v) is 13.9. The molecule has 1 aliphatic rings. The van der Waals surface area contributed by atoms with Crippen LogP contribution < -0.4 is 10.1 Å². The third-order valence-electron chi connectivity index (χ3n) is 4.42. The maximum atomic E-state index is 13.1. The van der Waals surface area contributed by atoms with Crippen molar-refractivity contribution in [1.29, 1.82) is 0 Å². The summed E-state index contributed by atoms with van der Waals surface area (Å²) in [5.41, 5.74) is 2.60. The molecule has 0 saturated carbocycles. The molecule has 0 aliphatic carbocycles. The van der Waals surface area contributed by atoms with Crippen molar-refractivity contribution in [3.63, 3.8) is 0 Å². The van der Waals surface area contributed by atoms with Gasteiger partial charge in [-0.05, 0) is 42.7 Å². The summed E-state index contributed by atoms with van der Waals surface area (Å²) < 4.78 is 34.1. The summed E-state index contributed by atoms with van der Waals surface area (Å²) in [5, 5.41) is 0. The summed E-state index contributed by atoms with van der Waals surface area (Å²) in [6.45, 7) is 0.446. The quantitative estimate of drug-likeness (QED) is 0.715. The number of aromatic nitrogens is 1. The Hall–Kier alpha value is -2.54. The highest BCUT2D eigenvalue weighted by Crippen LogP contribution is 2.32. The largest absolute Gasteiger partial charge is 0.419 e. The molecule has 6 nitrogen and oxygen atoms in total. The van der Waals surface area contributed by atoms with Crippen LogP contribution in [-0.2, 0) is 23.5 Å². The van der Waals surface area contributed by atoms with Gasteiger partial charge in [-0.2, -0.15) is 0 Å². The lowest BCUT2D eigenvalue weighted by molar-refractivity contribution is 0.528. The van der Waals surface area contributed by atoms with Crippen LogP contribution in [0.4, 0.5) is 5.69 Å². The summed E-state index contributed by atoms with van der Waals surface area (Å²) in [5.74, 6) is -0.511. The van der Waals surface area contributed by atoms with Gasteiger partial charge >= 0.3 is 5.76 Å². The number of hydrogen-bond donors (Lipinski definition) is 0. The van der Waals surface area contributed by atoms with Crippen molar-refractivity contribution in [2.45, 2.75) is 17.7 Å². The first-order chi connectivity index (χ1) is 11.5. The van der Waals surface area contributed by atoms with Crippen molar-refractivity contribution in [2.24, 2.45) is 7.05 Å². The third-order valence-corrected chi connectivity index (χ3v) is 6.23. The topological polar surface area (TPSA) is 72.5 Å². The maximum Gasteiger partial charge on any atom is 0.419 e. The van der Waals surface area contributed by atoms with Gasteiger partial charge in [0.15, 0.2) is 5.58 Å². The Bertz CT molecular complexity index is 1100. The molecule has 7 heteroatoms. The average Bonchev–Trinajstić information content (AvgIpc) is 2.88. The van der Waals surface area contributed by atoms with Gasteiger partial charge in [0.1, 0.15) is 0 Å². The van der Waals surface area contributed by atoms with Gasteiger partial charge < -0.3 is 4.42 Å². The van der Waals surface area contributed by atoms with E-state index in [1.807, 2.05) is 24.3 Å². The lowest BCUT2D eigenvalue weighted by Gasteiger charge is -2.30. The summed E-state index contributed by atoms with van der Waals surface area (Å²) in [6, 6.07) is 12.1. The van der Waals surface area contributed by atoms with E-state index in [2.05, 4.69) is 0 Å². The zero-order chi connectivity index (χ0) is 16.9. The Kier molecular flexibility index (Phi) is 3.28. The van der Waals surface area contributed by atoms with Crippen molar-refractivity contribution in [2.75, 3.05) is 10.8 Å².